The van der Waals surface area contributed by atoms with Gasteiger partial charge in [-0.2, -0.15) is 0 Å². The first-order valence-corrected chi connectivity index (χ1v) is 19.4. The van der Waals surface area contributed by atoms with Crippen molar-refractivity contribution in [1.82, 2.24) is 24.5 Å². The van der Waals surface area contributed by atoms with Crippen molar-refractivity contribution in [3.63, 3.8) is 0 Å². The molecule has 0 atom stereocenters. The molecule has 4 aromatic heterocycles. The van der Waals surface area contributed by atoms with Gasteiger partial charge < -0.3 is 8.98 Å². The van der Waals surface area contributed by atoms with Crippen LogP contribution in [0.5, 0.6) is 0 Å². The monoisotopic (exact) mass is 741 g/mol. The Balaban J connectivity index is 1.05. The molecule has 0 saturated carbocycles. The van der Waals surface area contributed by atoms with Gasteiger partial charge in [-0.25, -0.2) is 19.9 Å². The minimum absolute atomic E-state index is 0.577. The van der Waals surface area contributed by atoms with Crippen LogP contribution in [0.4, 0.5) is 0 Å². The lowest BCUT2D eigenvalue weighted by atomic mass is 9.98. The van der Waals surface area contributed by atoms with Gasteiger partial charge in [0.1, 0.15) is 11.2 Å². The summed E-state index contributed by atoms with van der Waals surface area (Å²) in [6, 6.07) is 64.9. The van der Waals surface area contributed by atoms with Crippen molar-refractivity contribution >= 4 is 65.4 Å². The number of fused-ring (bicyclic) bond motifs is 10. The molecule has 58 heavy (non-hydrogen) atoms. The topological polar surface area (TPSA) is 69.6 Å². The number of nitrogens with zero attached hydrogens (tertiary/aromatic N) is 5. The van der Waals surface area contributed by atoms with E-state index in [-0.39, 0.29) is 0 Å². The molecule has 0 aliphatic carbocycles. The Hall–Kier alpha value is -7.96. The van der Waals surface area contributed by atoms with E-state index in [1.807, 2.05) is 42.5 Å². The molecule has 270 valence electrons. The molecule has 12 aromatic rings. The molecule has 8 aromatic carbocycles. The molecule has 0 fully saturated rings. The molecule has 0 bridgehead atoms. The van der Waals surface area contributed by atoms with E-state index in [1.54, 1.807) is 0 Å². The van der Waals surface area contributed by atoms with Gasteiger partial charge in [0, 0.05) is 44.1 Å². The Morgan fingerprint density at radius 3 is 1.71 bits per heavy atom. The zero-order valence-electron chi connectivity index (χ0n) is 31.0. The van der Waals surface area contributed by atoms with Gasteiger partial charge in [0.2, 0.25) is 0 Å². The molecule has 0 unspecified atom stereocenters. The van der Waals surface area contributed by atoms with Crippen LogP contribution in [0.2, 0.25) is 0 Å². The lowest BCUT2D eigenvalue weighted by molar-refractivity contribution is 0.673. The SMILES string of the molecule is c1ccc(-c2nc(-c3cccc(-c4nc5ccc6ccccc6c5c5oc6ccccc6c45)c3)nc(-c3cccc(-n4c5ccccc5c5ccccc54)c3)n2)cc1. The second-order valence-corrected chi connectivity index (χ2v) is 14.6. The second-order valence-electron chi connectivity index (χ2n) is 14.6. The van der Waals surface area contributed by atoms with Gasteiger partial charge in [-0.15, -0.1) is 0 Å². The molecule has 12 rings (SSSR count). The minimum atomic E-state index is 0.577. The maximum atomic E-state index is 6.69. The Kier molecular flexibility index (Phi) is 7.13. The van der Waals surface area contributed by atoms with Crippen LogP contribution in [0.15, 0.2) is 192 Å². The summed E-state index contributed by atoms with van der Waals surface area (Å²) < 4.78 is 9.01. The first-order chi connectivity index (χ1) is 28.7. The van der Waals surface area contributed by atoms with E-state index < -0.39 is 0 Å². The molecule has 0 aliphatic heterocycles. The van der Waals surface area contributed by atoms with Crippen molar-refractivity contribution in [3.8, 4) is 51.1 Å². The first-order valence-electron chi connectivity index (χ1n) is 19.4. The summed E-state index contributed by atoms with van der Waals surface area (Å²) in [4.78, 5) is 20.8. The van der Waals surface area contributed by atoms with Crippen LogP contribution in [-0.2, 0) is 0 Å². The molecule has 0 amide bonds. The van der Waals surface area contributed by atoms with Crippen molar-refractivity contribution in [2.24, 2.45) is 0 Å². The third-order valence-electron chi connectivity index (χ3n) is 11.2. The van der Waals surface area contributed by atoms with E-state index in [4.69, 9.17) is 24.4 Å². The van der Waals surface area contributed by atoms with Crippen LogP contribution < -0.4 is 0 Å². The summed E-state index contributed by atoms with van der Waals surface area (Å²) in [5, 5.41) is 7.72. The highest BCUT2D eigenvalue weighted by Crippen LogP contribution is 2.42. The maximum absolute atomic E-state index is 6.69. The highest BCUT2D eigenvalue weighted by molar-refractivity contribution is 6.25. The van der Waals surface area contributed by atoms with E-state index in [2.05, 4.69) is 150 Å². The highest BCUT2D eigenvalue weighted by atomic mass is 16.3. The highest BCUT2D eigenvalue weighted by Gasteiger charge is 2.21. The third kappa shape index (κ3) is 5.05. The van der Waals surface area contributed by atoms with E-state index in [0.717, 1.165) is 88.3 Å². The summed E-state index contributed by atoms with van der Waals surface area (Å²) in [5.74, 6) is 1.77. The Morgan fingerprint density at radius 1 is 0.379 bits per heavy atom. The fourth-order valence-electron chi connectivity index (χ4n) is 8.57. The third-order valence-corrected chi connectivity index (χ3v) is 11.2. The number of benzene rings is 8. The zero-order chi connectivity index (χ0) is 38.2. The number of hydrogen-bond donors (Lipinski definition) is 0. The number of para-hydroxylation sites is 3. The van der Waals surface area contributed by atoms with Gasteiger partial charge in [-0.05, 0) is 53.2 Å². The fraction of sp³-hybridized carbons (Fsp3) is 0. The number of furan rings is 1. The number of aromatic nitrogens is 5. The second kappa shape index (κ2) is 12.8. The molecular formula is C52H31N5O. The van der Waals surface area contributed by atoms with Gasteiger partial charge >= 0.3 is 0 Å². The van der Waals surface area contributed by atoms with Crippen LogP contribution in [0.25, 0.3) is 117 Å². The van der Waals surface area contributed by atoms with Gasteiger partial charge in [0.25, 0.3) is 0 Å². The van der Waals surface area contributed by atoms with E-state index in [9.17, 15) is 0 Å². The first kappa shape index (κ1) is 32.3. The molecule has 0 radical (unpaired) electrons. The van der Waals surface area contributed by atoms with Crippen LogP contribution >= 0.6 is 0 Å². The smallest absolute Gasteiger partial charge is 0.164 e. The largest absolute Gasteiger partial charge is 0.455 e. The zero-order valence-corrected chi connectivity index (χ0v) is 31.0. The molecule has 0 aliphatic rings. The molecule has 0 saturated heterocycles. The van der Waals surface area contributed by atoms with Crippen molar-refractivity contribution in [1.29, 1.82) is 0 Å². The predicted molar refractivity (Wildman–Crippen MR) is 236 cm³/mol. The number of pyridine rings is 1. The summed E-state index contributed by atoms with van der Waals surface area (Å²) in [7, 11) is 0. The van der Waals surface area contributed by atoms with Crippen molar-refractivity contribution < 1.29 is 4.42 Å². The normalized spacial score (nSPS) is 11.8. The number of rotatable bonds is 5. The molecule has 0 N–H and O–H groups in total. The van der Waals surface area contributed by atoms with Crippen molar-refractivity contribution in [2.75, 3.05) is 0 Å². The average Bonchev–Trinajstić information content (AvgIpc) is 3.85. The fourth-order valence-corrected chi connectivity index (χ4v) is 8.57. The molecule has 4 heterocycles. The van der Waals surface area contributed by atoms with E-state index in [0.29, 0.717) is 17.5 Å². The van der Waals surface area contributed by atoms with Gasteiger partial charge in [0.15, 0.2) is 17.5 Å². The van der Waals surface area contributed by atoms with Gasteiger partial charge in [-0.3, -0.25) is 0 Å². The quantitative estimate of drug-likeness (QED) is 0.164. The summed E-state index contributed by atoms with van der Waals surface area (Å²) >= 11 is 0. The van der Waals surface area contributed by atoms with Crippen LogP contribution in [-0.4, -0.2) is 24.5 Å². The molecule has 0 spiro atoms. The summed E-state index contributed by atoms with van der Waals surface area (Å²) in [6.45, 7) is 0. The van der Waals surface area contributed by atoms with E-state index in [1.165, 1.54) is 10.8 Å². The number of hydrogen-bond acceptors (Lipinski definition) is 5. The van der Waals surface area contributed by atoms with Crippen LogP contribution in [0.3, 0.4) is 0 Å². The molecule has 6 nitrogen and oxygen atoms in total. The van der Waals surface area contributed by atoms with Crippen LogP contribution in [0.1, 0.15) is 0 Å². The van der Waals surface area contributed by atoms with E-state index >= 15 is 0 Å². The van der Waals surface area contributed by atoms with Gasteiger partial charge in [-0.1, -0.05) is 146 Å². The van der Waals surface area contributed by atoms with Crippen molar-refractivity contribution in [2.45, 2.75) is 0 Å². The molecular weight excluding hydrogens is 711 g/mol. The average molecular weight is 742 g/mol. The Bertz CT molecular complexity index is 3530. The maximum Gasteiger partial charge on any atom is 0.164 e. The summed E-state index contributed by atoms with van der Waals surface area (Å²) in [6.07, 6.45) is 0. The van der Waals surface area contributed by atoms with Crippen molar-refractivity contribution in [3.05, 3.63) is 188 Å². The lowest BCUT2D eigenvalue weighted by Gasteiger charge is -2.12. The standard InChI is InChI=1S/C52H31N5O/c1-2-15-33(16-3-1)50-54-51(56-52(55-50)36-19-13-20-37(31-36)57-43-25-9-6-22-39(43)40-23-7-10-26-44(40)57)35-18-12-17-34(30-35)48-47-41-24-8-11-27-45(41)58-49(47)46-38-21-5-4-14-32(38)28-29-42(46)53-48/h1-31H. The Morgan fingerprint density at radius 2 is 0.948 bits per heavy atom. The lowest BCUT2D eigenvalue weighted by Crippen LogP contribution is -2.01. The van der Waals surface area contributed by atoms with Gasteiger partial charge in [0.05, 0.1) is 33.0 Å². The molecule has 6 heteroatoms. The van der Waals surface area contributed by atoms with Crippen LogP contribution in [0, 0.1) is 0 Å². The summed E-state index contributed by atoms with van der Waals surface area (Å²) in [5.41, 5.74) is 10.3. The predicted octanol–water partition coefficient (Wildman–Crippen LogP) is 13.2. The Labute approximate surface area is 332 Å². The minimum Gasteiger partial charge on any atom is -0.455 e.